The summed E-state index contributed by atoms with van der Waals surface area (Å²) in [4.78, 5) is 246. The van der Waals surface area contributed by atoms with Crippen LogP contribution in [0.1, 0.15) is 96.3 Å². The Morgan fingerprint density at radius 1 is 0.615 bits per heavy atom. The molecule has 37 nitrogen and oxygen atoms in total. The summed E-state index contributed by atoms with van der Waals surface area (Å²) in [7, 11) is 13.1. The van der Waals surface area contributed by atoms with Crippen LogP contribution in [0.2, 0.25) is 0 Å². The number of carbonyl (C=O) groups excluding carboxylic acids is 18. The molecular formula is C81H107F3N14O23S. The topological polar surface area (TPSA) is 436 Å². The van der Waals surface area contributed by atoms with Crippen LogP contribution >= 0.6 is 11.3 Å². The summed E-state index contributed by atoms with van der Waals surface area (Å²) in [6.45, 7) is 1.31. The second kappa shape index (κ2) is 40.2. The summed E-state index contributed by atoms with van der Waals surface area (Å²) >= 11 is 1.01. The fourth-order valence-electron chi connectivity index (χ4n) is 16.1. The first-order valence-corrected chi connectivity index (χ1v) is 40.2. The average molecular weight is 1730 g/mol. The van der Waals surface area contributed by atoms with Crippen molar-refractivity contribution in [1.29, 1.82) is 0 Å². The molecule has 8 rings (SSSR count). The Morgan fingerprint density at radius 3 is 1.55 bits per heavy atom. The minimum absolute atomic E-state index is 0.0210. The molecule has 2 aromatic rings. The number of hydrogen-bond donors (Lipinski definition) is 4. The maximum Gasteiger partial charge on any atom is 0.258 e. The van der Waals surface area contributed by atoms with Gasteiger partial charge in [0.25, 0.3) is 11.8 Å². The van der Waals surface area contributed by atoms with Crippen LogP contribution in [0.3, 0.4) is 0 Å². The number of imide groups is 1. The van der Waals surface area contributed by atoms with Crippen LogP contribution in [0.5, 0.6) is 5.75 Å². The number of aryl methyl sites for hydroxylation is 1. The molecule has 0 radical (unpaired) electrons. The van der Waals surface area contributed by atoms with Gasteiger partial charge in [-0.2, -0.15) is 0 Å². The summed E-state index contributed by atoms with van der Waals surface area (Å²) in [5.41, 5.74) is -6.62. The number of carbonyl (C=O) groups is 18. The molecule has 122 heavy (non-hydrogen) atoms. The van der Waals surface area contributed by atoms with Crippen molar-refractivity contribution in [2.24, 2.45) is 22.7 Å². The van der Waals surface area contributed by atoms with Crippen LogP contribution in [0.25, 0.3) is 0 Å². The molecule has 11 atom stereocenters. The van der Waals surface area contributed by atoms with Crippen molar-refractivity contribution in [3.63, 3.8) is 0 Å². The summed E-state index contributed by atoms with van der Waals surface area (Å²) in [5.74, 6) is -14.8. The van der Waals surface area contributed by atoms with E-state index in [-0.39, 0.29) is 86.0 Å². The van der Waals surface area contributed by atoms with Gasteiger partial charge in [-0.25, -0.2) is 18.1 Å². The molecule has 1 aromatic heterocycles. The third kappa shape index (κ3) is 21.6. The highest BCUT2D eigenvalue weighted by Crippen LogP contribution is 2.72. The van der Waals surface area contributed by atoms with Crippen molar-refractivity contribution >= 4 is 123 Å². The number of aliphatic hydroxyl groups excluding tert-OH is 1. The third-order valence-corrected chi connectivity index (χ3v) is 24.3. The number of hydrogen-bond acceptors (Lipinski definition) is 24. The fourth-order valence-corrected chi connectivity index (χ4v) is 16.8. The van der Waals surface area contributed by atoms with Crippen LogP contribution in [0.4, 0.5) is 18.9 Å². The highest BCUT2D eigenvalue weighted by Gasteiger charge is 2.79. The molecule has 1 saturated heterocycles. The molecule has 1 aromatic carbocycles. The number of thiophene rings is 1. The molecule has 0 bridgehead atoms. The Hall–Kier alpha value is -11.2. The van der Waals surface area contributed by atoms with Crippen molar-refractivity contribution in [3.8, 4) is 5.75 Å². The molecule has 4 fully saturated rings. The molecule has 0 spiro atoms. The summed E-state index contributed by atoms with van der Waals surface area (Å²) in [5, 5.41) is 21.0. The van der Waals surface area contributed by atoms with Crippen LogP contribution in [-0.2, 0) is 107 Å². The minimum atomic E-state index is -2.25. The van der Waals surface area contributed by atoms with E-state index in [4.69, 9.17) is 18.9 Å². The van der Waals surface area contributed by atoms with E-state index >= 15 is 13.2 Å². The smallest absolute Gasteiger partial charge is 0.258 e. The lowest BCUT2D eigenvalue weighted by molar-refractivity contribution is -0.231. The Morgan fingerprint density at radius 2 is 1.08 bits per heavy atom. The summed E-state index contributed by atoms with van der Waals surface area (Å²) in [6, 6.07) is 0.728. The number of Topliss-reactive ketones (excluding diaryl/α,β-unsaturated/α-hetero) is 2. The fraction of sp³-hybridized carbons (Fsp3) is 0.580. The number of benzene rings is 1. The van der Waals surface area contributed by atoms with Gasteiger partial charge in [-0.1, -0.05) is 18.6 Å². The molecule has 4 aliphatic carbocycles. The van der Waals surface area contributed by atoms with E-state index in [1.165, 1.54) is 121 Å². The zero-order chi connectivity index (χ0) is 90.7. The quantitative estimate of drug-likeness (QED) is 0.0362. The number of allylic oxidation sites excluding steroid dienone is 4. The van der Waals surface area contributed by atoms with Crippen molar-refractivity contribution in [2.45, 2.75) is 128 Å². The van der Waals surface area contributed by atoms with Gasteiger partial charge in [-0.05, 0) is 107 Å². The normalized spacial score (nSPS) is 22.6. The van der Waals surface area contributed by atoms with Gasteiger partial charge in [0.2, 0.25) is 76.8 Å². The highest BCUT2D eigenvalue weighted by molar-refractivity contribution is 7.10. The number of alkyl halides is 1. The van der Waals surface area contributed by atoms with E-state index in [1.54, 1.807) is 13.8 Å². The van der Waals surface area contributed by atoms with E-state index in [2.05, 4.69) is 16.0 Å². The first kappa shape index (κ1) is 96.3. The van der Waals surface area contributed by atoms with Gasteiger partial charge < -0.3 is 89.0 Å². The molecule has 0 unspecified atom stereocenters. The molecule has 4 N–H and O–H groups in total. The number of amides is 15. The molecule has 3 saturated carbocycles. The Kier molecular flexibility index (Phi) is 31.7. The third-order valence-electron chi connectivity index (χ3n) is 23.4. The van der Waals surface area contributed by atoms with Crippen molar-refractivity contribution in [2.75, 3.05) is 161 Å². The van der Waals surface area contributed by atoms with Gasteiger partial charge in [-0.3, -0.25) is 86.3 Å². The molecule has 6 aliphatic rings. The first-order chi connectivity index (χ1) is 57.1. The highest BCUT2D eigenvalue weighted by atomic mass is 32.1. The number of anilines is 1. The number of likely N-dealkylation sites (N-methyl/N-ethyl adjacent to an activating group) is 10. The minimum Gasteiger partial charge on any atom is -0.493 e. The molecule has 3 heterocycles. The predicted molar refractivity (Wildman–Crippen MR) is 427 cm³/mol. The van der Waals surface area contributed by atoms with Crippen LogP contribution in [-0.4, -0.2) is 351 Å². The summed E-state index contributed by atoms with van der Waals surface area (Å²) in [6.07, 6.45) is 1.60. The van der Waals surface area contributed by atoms with E-state index in [0.717, 1.165) is 84.6 Å². The average Bonchev–Trinajstić information content (AvgIpc) is 1.49. The zero-order valence-corrected chi connectivity index (χ0v) is 71.8. The Balaban J connectivity index is 0.741. The van der Waals surface area contributed by atoms with E-state index < -0.39 is 248 Å². The lowest BCUT2D eigenvalue weighted by atomic mass is 9.44. The number of nitrogens with zero attached hydrogens (tertiary/aromatic N) is 11. The van der Waals surface area contributed by atoms with E-state index in [1.807, 2.05) is 0 Å². The van der Waals surface area contributed by atoms with E-state index in [0.29, 0.717) is 16.9 Å². The van der Waals surface area contributed by atoms with Crippen LogP contribution in [0.15, 0.2) is 59.5 Å². The van der Waals surface area contributed by atoms with Gasteiger partial charge in [-0.15, -0.1) is 11.3 Å². The van der Waals surface area contributed by atoms with Crippen LogP contribution in [0, 0.1) is 34.3 Å². The van der Waals surface area contributed by atoms with Crippen molar-refractivity contribution < 1.29 is 124 Å². The van der Waals surface area contributed by atoms with Crippen molar-refractivity contribution in [3.05, 3.63) is 81.6 Å². The summed E-state index contributed by atoms with van der Waals surface area (Å²) < 4.78 is 73.7. The van der Waals surface area contributed by atoms with Gasteiger partial charge >= 0.3 is 0 Å². The first-order valence-electron chi connectivity index (χ1n) is 39.4. The molecular weight excluding hydrogens is 1630 g/mol. The molecule has 41 heteroatoms. The number of ether oxygens (including phenoxy) is 4. The van der Waals surface area contributed by atoms with Crippen molar-refractivity contribution in [1.82, 2.24) is 64.9 Å². The molecule has 666 valence electrons. The number of nitrogens with one attached hydrogen (secondary N) is 3. The standard InChI is InChI=1S/C81H107F3N14O23S/c1-46(99)34-88(6)65(107)36-90(8)67(109)38-92(10)69(111)40-94(12)71(113)42-96(14)73(115)43-97(15)72(114)41-95(13)70(112)39-93(11)68(110)37-91(9)66(108)35-89(7)62(104)17-16-27-119-57-32-56(98-63(105)22-23-64(98)106)55(83)29-49(57)18-21-61(103)86-48(3)76(117)87-47(2)75(116)85-45-118-44-59(102)81-60(120-77(121-81)74-54(82)25-28-122-74)31-53-52-20-19-50-30-51(100)24-26-78(50,4)80(52,84)58(101)33-79(53,81)5/h22-26,28-30,32,47-48,52-53,58,60,77,101H,16-21,27,31,33-45H2,1-15H3,(H,85,116)(H,86,103)(H,87,117)/t47-,48-,52-,53-,58-,60+,77+,78-,79-,80-,81+/m0/s1. The SMILES string of the molecule is CC(=O)CN(C)C(=O)CN(C)C(=O)CN(C)C(=O)CN(C)C(=O)CN(C)C(=O)CN(C)C(=O)CN(C)C(=O)CN(C)C(=O)CN(C)C(=O)CN(C)C(=O)CCCOc1cc(N2C(=O)C=CC2=O)c(F)cc1CCC(=O)N[C@@H](C)C(=O)N[C@@H](C)C(=O)NCOCC(=O)[C@@]12O[C@H](c3sccc3F)O[C@@H]1C[C@H]1[C@@H]3CCC4=CC(=O)C=C[C@]4(C)[C@@]3(F)[C@@H](O)C[C@@]12C. The van der Waals surface area contributed by atoms with Gasteiger partial charge in [0.1, 0.15) is 48.6 Å². The molecule has 15 amide bonds. The lowest BCUT2D eigenvalue weighted by Gasteiger charge is -2.62. The Bertz CT molecular complexity index is 4560. The number of fused-ring (bicyclic) bond motifs is 7. The number of rotatable bonds is 39. The second-order valence-electron chi connectivity index (χ2n) is 32.3. The number of halogens is 3. The van der Waals surface area contributed by atoms with Crippen LogP contribution < -0.4 is 25.6 Å². The van der Waals surface area contributed by atoms with Gasteiger partial charge in [0, 0.05) is 118 Å². The number of aliphatic hydroxyl groups is 1. The zero-order valence-electron chi connectivity index (χ0n) is 71.0. The monoisotopic (exact) mass is 1730 g/mol. The predicted octanol–water partition coefficient (Wildman–Crippen LogP) is -0.777. The van der Waals surface area contributed by atoms with Gasteiger partial charge in [0.15, 0.2) is 29.1 Å². The maximum absolute atomic E-state index is 18.1. The van der Waals surface area contributed by atoms with E-state index in [9.17, 15) is 91.4 Å². The lowest BCUT2D eigenvalue weighted by Crippen LogP contribution is -2.69. The largest absolute Gasteiger partial charge is 0.493 e. The second-order valence-corrected chi connectivity index (χ2v) is 33.3. The van der Waals surface area contributed by atoms with Gasteiger partial charge in [0.05, 0.1) is 94.8 Å². The molecule has 2 aliphatic heterocycles. The maximum atomic E-state index is 18.1. The number of ketones is 3. The Labute approximate surface area is 707 Å².